The summed E-state index contributed by atoms with van der Waals surface area (Å²) in [6, 6.07) is 29.5. The van der Waals surface area contributed by atoms with Crippen LogP contribution in [0, 0.1) is 0 Å². The third-order valence-electron chi connectivity index (χ3n) is 5.17. The van der Waals surface area contributed by atoms with Crippen LogP contribution in [0.2, 0.25) is 0 Å². The van der Waals surface area contributed by atoms with Crippen molar-refractivity contribution >= 4 is 28.7 Å². The van der Waals surface area contributed by atoms with Gasteiger partial charge in [0.15, 0.2) is 0 Å². The Bertz CT molecular complexity index is 780. The Morgan fingerprint density at radius 3 is 1.37 bits per heavy atom. The zero-order chi connectivity index (χ0) is 19.2. The molecule has 3 aromatic rings. The van der Waals surface area contributed by atoms with Gasteiger partial charge < -0.3 is 0 Å². The molecule has 0 bridgehead atoms. The van der Waals surface area contributed by atoms with E-state index < -0.39 is 12.8 Å². The van der Waals surface area contributed by atoms with Crippen molar-refractivity contribution < 1.29 is 14.8 Å². The summed E-state index contributed by atoms with van der Waals surface area (Å²) >= 11 is 0. The fourth-order valence-corrected chi connectivity index (χ4v) is 8.73. The van der Waals surface area contributed by atoms with Gasteiger partial charge in [-0.3, -0.25) is 0 Å². The van der Waals surface area contributed by atoms with Crippen LogP contribution in [-0.2, 0) is 4.79 Å². The zero-order valence-electron chi connectivity index (χ0n) is 15.2. The van der Waals surface area contributed by atoms with E-state index in [9.17, 15) is 9.69 Å². The Hall–Kier alpha value is -2.48. The van der Waals surface area contributed by atoms with Crippen molar-refractivity contribution in [1.82, 2.24) is 0 Å². The number of unbranched alkanes of at least 4 members (excludes halogenated alkanes) is 1. The molecule has 0 fully saturated rings. The van der Waals surface area contributed by atoms with Crippen LogP contribution in [0.1, 0.15) is 19.3 Å². The molecule has 0 aliphatic carbocycles. The predicted octanol–water partition coefficient (Wildman–Crippen LogP) is 3.68. The Kier molecular flexibility index (Phi) is 5.74. The number of benzene rings is 3. The van der Waals surface area contributed by atoms with E-state index in [2.05, 4.69) is 0 Å². The fraction of sp³-hybridized carbons (Fsp3) is 0.174. The number of carbonyl (C=O) groups is 1. The average molecular weight is 380 g/mol. The SMILES string of the molecule is O=C(O)CCCCP(O)(c1ccccc1)(c1ccccc1)c1ccccc1. The molecule has 0 saturated carbocycles. The molecule has 0 radical (unpaired) electrons. The Morgan fingerprint density at radius 2 is 1.04 bits per heavy atom. The van der Waals surface area contributed by atoms with E-state index in [1.807, 2.05) is 91.0 Å². The minimum atomic E-state index is -3.70. The second kappa shape index (κ2) is 8.04. The molecule has 0 amide bonds. The second-order valence-corrected chi connectivity index (χ2v) is 11.3. The second-order valence-electron chi connectivity index (χ2n) is 6.83. The molecule has 0 heterocycles. The third-order valence-corrected chi connectivity index (χ3v) is 10.6. The first-order valence-electron chi connectivity index (χ1n) is 9.20. The molecule has 4 heteroatoms. The van der Waals surface area contributed by atoms with Gasteiger partial charge >= 0.3 is 160 Å². The number of hydrogen-bond donors (Lipinski definition) is 2. The molecule has 3 nitrogen and oxygen atoms in total. The van der Waals surface area contributed by atoms with E-state index >= 15 is 0 Å². The topological polar surface area (TPSA) is 57.5 Å². The van der Waals surface area contributed by atoms with Gasteiger partial charge in [0.2, 0.25) is 0 Å². The van der Waals surface area contributed by atoms with E-state index in [4.69, 9.17) is 5.11 Å². The van der Waals surface area contributed by atoms with Gasteiger partial charge in [0.1, 0.15) is 0 Å². The van der Waals surface area contributed by atoms with Crippen LogP contribution in [0.25, 0.3) is 0 Å². The van der Waals surface area contributed by atoms with Crippen molar-refractivity contribution in [3.8, 4) is 0 Å². The standard InChI is InChI=1S/C23H25O3P/c24-23(25)18-10-11-19-27(26,20-12-4-1-5-13-20,21-14-6-2-7-15-21)22-16-8-3-9-17-22/h1-9,12-17,26H,10-11,18-19H2,(H,24,25). The summed E-state index contributed by atoms with van der Waals surface area (Å²) in [5.41, 5.74) is 0. The summed E-state index contributed by atoms with van der Waals surface area (Å²) < 4.78 is 0. The first-order chi connectivity index (χ1) is 13.1. The molecular formula is C23H25O3P. The third kappa shape index (κ3) is 3.66. The van der Waals surface area contributed by atoms with Crippen LogP contribution < -0.4 is 15.9 Å². The normalized spacial score (nSPS) is 12.9. The van der Waals surface area contributed by atoms with Gasteiger partial charge in [0.25, 0.3) is 0 Å². The van der Waals surface area contributed by atoms with Crippen molar-refractivity contribution in [2.45, 2.75) is 19.3 Å². The molecule has 0 aromatic heterocycles. The van der Waals surface area contributed by atoms with Gasteiger partial charge in [-0.25, -0.2) is 0 Å². The van der Waals surface area contributed by atoms with E-state index in [1.165, 1.54) is 0 Å². The van der Waals surface area contributed by atoms with E-state index in [0.29, 0.717) is 19.0 Å². The first kappa shape index (κ1) is 19.3. The molecule has 0 unspecified atom stereocenters. The predicted molar refractivity (Wildman–Crippen MR) is 114 cm³/mol. The van der Waals surface area contributed by atoms with Crippen LogP contribution in [0.4, 0.5) is 0 Å². The zero-order valence-corrected chi connectivity index (χ0v) is 16.1. The van der Waals surface area contributed by atoms with Crippen molar-refractivity contribution in [2.75, 3.05) is 6.16 Å². The molecule has 2 N–H and O–H groups in total. The van der Waals surface area contributed by atoms with Crippen LogP contribution >= 0.6 is 6.83 Å². The summed E-state index contributed by atoms with van der Waals surface area (Å²) in [6.07, 6.45) is 1.82. The van der Waals surface area contributed by atoms with Gasteiger partial charge in [-0.2, -0.15) is 0 Å². The van der Waals surface area contributed by atoms with Crippen molar-refractivity contribution in [1.29, 1.82) is 0 Å². The first-order valence-corrected chi connectivity index (χ1v) is 11.6. The maximum atomic E-state index is 12.7. The summed E-state index contributed by atoms with van der Waals surface area (Å²) in [5, 5.41) is 11.7. The molecule has 3 rings (SSSR count). The van der Waals surface area contributed by atoms with Crippen LogP contribution in [0.5, 0.6) is 0 Å². The summed E-state index contributed by atoms with van der Waals surface area (Å²) in [4.78, 5) is 23.7. The molecule has 3 aromatic carbocycles. The van der Waals surface area contributed by atoms with Crippen molar-refractivity contribution in [3.05, 3.63) is 91.0 Å². The minimum absolute atomic E-state index is 0.116. The van der Waals surface area contributed by atoms with Gasteiger partial charge in [0.05, 0.1) is 0 Å². The molecule has 140 valence electrons. The van der Waals surface area contributed by atoms with Gasteiger partial charge in [-0.1, -0.05) is 0 Å². The molecule has 0 aliphatic rings. The Morgan fingerprint density at radius 1 is 0.667 bits per heavy atom. The van der Waals surface area contributed by atoms with Crippen LogP contribution in [0.3, 0.4) is 0 Å². The number of aliphatic carboxylic acids is 1. The molecule has 0 spiro atoms. The average Bonchev–Trinajstić information content (AvgIpc) is 2.73. The van der Waals surface area contributed by atoms with Crippen LogP contribution in [0.15, 0.2) is 91.0 Å². The number of hydrogen-bond acceptors (Lipinski definition) is 2. The fourth-order valence-electron chi connectivity index (χ4n) is 3.78. The number of rotatable bonds is 8. The van der Waals surface area contributed by atoms with Crippen molar-refractivity contribution in [2.24, 2.45) is 0 Å². The van der Waals surface area contributed by atoms with Gasteiger partial charge in [-0.05, 0) is 0 Å². The quantitative estimate of drug-likeness (QED) is 0.463. The summed E-state index contributed by atoms with van der Waals surface area (Å²) in [5.74, 6) is -0.799. The van der Waals surface area contributed by atoms with E-state index in [0.717, 1.165) is 15.9 Å². The number of carboxylic acid groups (broad SMARTS) is 1. The molecule has 27 heavy (non-hydrogen) atoms. The monoisotopic (exact) mass is 380 g/mol. The summed E-state index contributed by atoms with van der Waals surface area (Å²) in [6.45, 7) is -3.70. The Balaban J connectivity index is 2.21. The van der Waals surface area contributed by atoms with Gasteiger partial charge in [-0.15, -0.1) is 0 Å². The molecule has 0 aliphatic heterocycles. The van der Waals surface area contributed by atoms with Crippen LogP contribution in [-0.4, -0.2) is 22.1 Å². The Labute approximate surface area is 160 Å². The van der Waals surface area contributed by atoms with E-state index in [-0.39, 0.29) is 6.42 Å². The molecule has 0 saturated heterocycles. The van der Waals surface area contributed by atoms with Crippen molar-refractivity contribution in [3.63, 3.8) is 0 Å². The number of carboxylic acids is 1. The van der Waals surface area contributed by atoms with Gasteiger partial charge in [0, 0.05) is 0 Å². The maximum absolute atomic E-state index is 12.7. The van der Waals surface area contributed by atoms with E-state index in [1.54, 1.807) is 0 Å². The summed E-state index contributed by atoms with van der Waals surface area (Å²) in [7, 11) is 0. The molecule has 0 atom stereocenters. The molecular weight excluding hydrogens is 355 g/mol.